The number of rotatable bonds is 2. The molecule has 3 heterocycles. The first kappa shape index (κ1) is 14.3. The van der Waals surface area contributed by atoms with E-state index in [1.165, 1.54) is 18.5 Å². The van der Waals surface area contributed by atoms with Crippen molar-refractivity contribution in [3.63, 3.8) is 0 Å². The van der Waals surface area contributed by atoms with E-state index in [4.69, 9.17) is 9.47 Å². The van der Waals surface area contributed by atoms with Crippen molar-refractivity contribution < 1.29 is 13.9 Å². The van der Waals surface area contributed by atoms with Crippen LogP contribution in [0.15, 0.2) is 48.8 Å². The fourth-order valence-electron chi connectivity index (χ4n) is 3.43. The first-order valence-electron chi connectivity index (χ1n) is 8.09. The van der Waals surface area contributed by atoms with Gasteiger partial charge < -0.3 is 14.8 Å². The van der Waals surface area contributed by atoms with Crippen LogP contribution in [-0.2, 0) is 0 Å². The lowest BCUT2D eigenvalue weighted by atomic mass is 9.93. The number of nitrogens with one attached hydrogen (secondary N) is 1. The molecule has 7 heteroatoms. The predicted molar refractivity (Wildman–Crippen MR) is 88.1 cm³/mol. The molecule has 0 aliphatic carbocycles. The molecule has 6 nitrogen and oxygen atoms in total. The number of anilines is 1. The minimum absolute atomic E-state index is 0.0187. The molecule has 3 aromatic rings. The molecule has 2 aromatic carbocycles. The van der Waals surface area contributed by atoms with Crippen molar-refractivity contribution in [1.29, 1.82) is 0 Å². The van der Waals surface area contributed by atoms with Crippen molar-refractivity contribution in [3.05, 3.63) is 65.7 Å². The Balaban J connectivity index is 1.52. The Morgan fingerprint density at radius 1 is 1.04 bits per heavy atom. The largest absolute Gasteiger partial charge is 0.454 e. The molecule has 2 aliphatic heterocycles. The molecule has 5 rings (SSSR count). The third-order valence-corrected chi connectivity index (χ3v) is 4.68. The lowest BCUT2D eigenvalue weighted by Crippen LogP contribution is -2.28. The molecule has 25 heavy (non-hydrogen) atoms. The summed E-state index contributed by atoms with van der Waals surface area (Å²) in [5.74, 6) is 1.97. The topological polar surface area (TPSA) is 61.2 Å². The van der Waals surface area contributed by atoms with Gasteiger partial charge in [-0.05, 0) is 41.8 Å². The molecule has 0 amide bonds. The maximum Gasteiger partial charge on any atom is 0.231 e. The average Bonchev–Trinajstić information content (AvgIpc) is 3.29. The number of aromatic nitrogens is 3. The van der Waals surface area contributed by atoms with Gasteiger partial charge in [0.1, 0.15) is 12.1 Å². The molecule has 1 aromatic heterocycles. The van der Waals surface area contributed by atoms with Crippen molar-refractivity contribution in [3.8, 4) is 11.5 Å². The molecule has 2 atom stereocenters. The number of hydrogen-bond acceptors (Lipinski definition) is 5. The summed E-state index contributed by atoms with van der Waals surface area (Å²) < 4.78 is 26.0. The Bertz CT molecular complexity index is 925. The second-order valence-corrected chi connectivity index (χ2v) is 6.14. The Morgan fingerprint density at radius 2 is 1.84 bits per heavy atom. The first-order valence-corrected chi connectivity index (χ1v) is 8.09. The standard InChI is InChI=1S/C18H15FN4O2/c19-13-4-1-11(2-5-13)15-8-14(22-18-20-9-21-23(15)18)12-3-6-16-17(7-12)25-10-24-16/h1-7,9,14-15H,8,10H2,(H,20,21,22)/t14-,15-/m0/s1. The summed E-state index contributed by atoms with van der Waals surface area (Å²) in [6.07, 6.45) is 2.29. The van der Waals surface area contributed by atoms with Gasteiger partial charge in [0.2, 0.25) is 12.7 Å². The highest BCUT2D eigenvalue weighted by Crippen LogP contribution is 2.40. The Labute approximate surface area is 143 Å². The molecule has 126 valence electrons. The zero-order valence-electron chi connectivity index (χ0n) is 13.2. The normalized spacial score (nSPS) is 20.8. The minimum Gasteiger partial charge on any atom is -0.454 e. The molecule has 0 bridgehead atoms. The molecule has 0 radical (unpaired) electrons. The second kappa shape index (κ2) is 5.47. The van der Waals surface area contributed by atoms with Gasteiger partial charge in [0, 0.05) is 0 Å². The number of benzene rings is 2. The van der Waals surface area contributed by atoms with Gasteiger partial charge in [-0.3, -0.25) is 0 Å². The minimum atomic E-state index is -0.246. The van der Waals surface area contributed by atoms with Crippen LogP contribution in [0.2, 0.25) is 0 Å². The van der Waals surface area contributed by atoms with E-state index in [1.54, 1.807) is 12.1 Å². The van der Waals surface area contributed by atoms with Crippen molar-refractivity contribution in [1.82, 2.24) is 14.8 Å². The summed E-state index contributed by atoms with van der Waals surface area (Å²) in [6, 6.07) is 12.5. The van der Waals surface area contributed by atoms with E-state index >= 15 is 0 Å². The van der Waals surface area contributed by atoms with Crippen molar-refractivity contribution in [2.75, 3.05) is 12.1 Å². The van der Waals surface area contributed by atoms with Crippen molar-refractivity contribution >= 4 is 5.95 Å². The number of hydrogen-bond donors (Lipinski definition) is 1. The van der Waals surface area contributed by atoms with E-state index in [-0.39, 0.29) is 24.7 Å². The van der Waals surface area contributed by atoms with Crippen LogP contribution in [-0.4, -0.2) is 21.6 Å². The van der Waals surface area contributed by atoms with Gasteiger partial charge in [-0.1, -0.05) is 18.2 Å². The number of fused-ring (bicyclic) bond motifs is 2. The quantitative estimate of drug-likeness (QED) is 0.777. The SMILES string of the molecule is Fc1ccc([C@@H]2C[C@@H](c3ccc4c(c3)OCO4)Nc3ncnn32)cc1. The Morgan fingerprint density at radius 3 is 2.72 bits per heavy atom. The summed E-state index contributed by atoms with van der Waals surface area (Å²) in [4.78, 5) is 4.31. The summed E-state index contributed by atoms with van der Waals surface area (Å²) in [6.45, 7) is 0.253. The first-order chi connectivity index (χ1) is 12.3. The molecule has 0 saturated heterocycles. The second-order valence-electron chi connectivity index (χ2n) is 6.14. The molecule has 0 saturated carbocycles. The van der Waals surface area contributed by atoms with E-state index in [2.05, 4.69) is 15.4 Å². The molecule has 2 aliphatic rings. The number of halogens is 1. The zero-order valence-corrected chi connectivity index (χ0v) is 13.2. The fraction of sp³-hybridized carbons (Fsp3) is 0.222. The van der Waals surface area contributed by atoms with Crippen LogP contribution in [0.3, 0.4) is 0 Å². The molecular formula is C18H15FN4O2. The van der Waals surface area contributed by atoms with E-state index < -0.39 is 0 Å². The molecule has 0 spiro atoms. The van der Waals surface area contributed by atoms with Gasteiger partial charge in [0.25, 0.3) is 0 Å². The Hall–Kier alpha value is -3.09. The van der Waals surface area contributed by atoms with Crippen LogP contribution >= 0.6 is 0 Å². The van der Waals surface area contributed by atoms with Crippen molar-refractivity contribution in [2.24, 2.45) is 0 Å². The van der Waals surface area contributed by atoms with E-state index in [0.29, 0.717) is 5.95 Å². The van der Waals surface area contributed by atoms with Gasteiger partial charge in [-0.25, -0.2) is 9.07 Å². The maximum absolute atomic E-state index is 13.3. The van der Waals surface area contributed by atoms with E-state index in [9.17, 15) is 4.39 Å². The van der Waals surface area contributed by atoms with Crippen LogP contribution in [0.5, 0.6) is 11.5 Å². The summed E-state index contributed by atoms with van der Waals surface area (Å²) in [5.41, 5.74) is 2.09. The summed E-state index contributed by atoms with van der Waals surface area (Å²) in [5, 5.41) is 7.74. The molecule has 1 N–H and O–H groups in total. The van der Waals surface area contributed by atoms with Crippen LogP contribution in [0.4, 0.5) is 10.3 Å². The maximum atomic E-state index is 13.3. The fourth-order valence-corrected chi connectivity index (χ4v) is 3.43. The molecule has 0 fully saturated rings. The third-order valence-electron chi connectivity index (χ3n) is 4.68. The van der Waals surface area contributed by atoms with Crippen LogP contribution in [0, 0.1) is 5.82 Å². The summed E-state index contributed by atoms with van der Waals surface area (Å²) in [7, 11) is 0. The van der Waals surface area contributed by atoms with Crippen LogP contribution in [0.25, 0.3) is 0 Å². The van der Waals surface area contributed by atoms with E-state index in [0.717, 1.165) is 29.0 Å². The predicted octanol–water partition coefficient (Wildman–Crippen LogP) is 3.29. The molecule has 0 unspecified atom stereocenters. The highest BCUT2D eigenvalue weighted by molar-refractivity contribution is 5.47. The summed E-state index contributed by atoms with van der Waals surface area (Å²) >= 11 is 0. The van der Waals surface area contributed by atoms with Gasteiger partial charge in [0.05, 0.1) is 12.1 Å². The highest BCUT2D eigenvalue weighted by atomic mass is 19.1. The number of nitrogens with zero attached hydrogens (tertiary/aromatic N) is 3. The van der Waals surface area contributed by atoms with Crippen molar-refractivity contribution in [2.45, 2.75) is 18.5 Å². The van der Waals surface area contributed by atoms with Gasteiger partial charge in [-0.15, -0.1) is 0 Å². The zero-order chi connectivity index (χ0) is 16.8. The number of ether oxygens (including phenoxy) is 2. The lowest BCUT2D eigenvalue weighted by molar-refractivity contribution is 0.174. The third kappa shape index (κ3) is 2.39. The monoisotopic (exact) mass is 338 g/mol. The lowest BCUT2D eigenvalue weighted by Gasteiger charge is -2.31. The van der Waals surface area contributed by atoms with Crippen LogP contribution < -0.4 is 14.8 Å². The average molecular weight is 338 g/mol. The Kier molecular flexibility index (Phi) is 3.12. The molecular weight excluding hydrogens is 323 g/mol. The smallest absolute Gasteiger partial charge is 0.231 e. The van der Waals surface area contributed by atoms with E-state index in [1.807, 2.05) is 22.9 Å². The van der Waals surface area contributed by atoms with Gasteiger partial charge in [-0.2, -0.15) is 10.1 Å². The van der Waals surface area contributed by atoms with Crippen LogP contribution in [0.1, 0.15) is 29.6 Å². The highest BCUT2D eigenvalue weighted by Gasteiger charge is 2.30. The van der Waals surface area contributed by atoms with Gasteiger partial charge in [0.15, 0.2) is 11.5 Å². The van der Waals surface area contributed by atoms with Gasteiger partial charge >= 0.3 is 0 Å².